The Labute approximate surface area is 103 Å². The van der Waals surface area contributed by atoms with Crippen molar-refractivity contribution in [3.05, 3.63) is 60.3 Å². The maximum absolute atomic E-state index is 11.9. The molecule has 2 N–H and O–H groups in total. The number of H-pyrrole nitrogens is 1. The molecule has 5 heteroatoms. The largest absolute Gasteiger partial charge is 0.367 e. The maximum Gasteiger partial charge on any atom is 0.271 e. The van der Waals surface area contributed by atoms with E-state index in [4.69, 9.17) is 0 Å². The molecule has 0 radical (unpaired) electrons. The van der Waals surface area contributed by atoms with Crippen molar-refractivity contribution < 1.29 is 4.79 Å². The first-order valence-electron chi connectivity index (χ1n) is 5.66. The van der Waals surface area contributed by atoms with Gasteiger partial charge in [0.15, 0.2) is 0 Å². The van der Waals surface area contributed by atoms with E-state index in [9.17, 15) is 4.79 Å². The summed E-state index contributed by atoms with van der Waals surface area (Å²) in [5.74, 6) is -0.167. The molecule has 18 heavy (non-hydrogen) atoms. The Kier molecular flexibility index (Phi) is 2.57. The van der Waals surface area contributed by atoms with Gasteiger partial charge in [0, 0.05) is 31.3 Å². The van der Waals surface area contributed by atoms with E-state index in [1.54, 1.807) is 6.20 Å². The van der Waals surface area contributed by atoms with Gasteiger partial charge in [-0.25, -0.2) is 4.98 Å². The number of pyridine rings is 1. The first-order valence-corrected chi connectivity index (χ1v) is 5.66. The summed E-state index contributed by atoms with van der Waals surface area (Å²) in [6.07, 6.45) is 7.27. The van der Waals surface area contributed by atoms with Crippen molar-refractivity contribution in [1.82, 2.24) is 19.7 Å². The predicted octanol–water partition coefficient (Wildman–Crippen LogP) is 1.59. The number of hydrogen-bond acceptors (Lipinski definition) is 2. The van der Waals surface area contributed by atoms with Crippen LogP contribution in [0.15, 0.2) is 49.1 Å². The zero-order valence-corrected chi connectivity index (χ0v) is 9.63. The van der Waals surface area contributed by atoms with Crippen molar-refractivity contribution in [2.45, 2.75) is 6.54 Å². The van der Waals surface area contributed by atoms with E-state index in [1.807, 2.05) is 47.3 Å². The van der Waals surface area contributed by atoms with Gasteiger partial charge in [0.25, 0.3) is 5.91 Å². The number of fused-ring (bicyclic) bond motifs is 1. The average molecular weight is 240 g/mol. The SMILES string of the molecule is O=C(NCc1cc[nH]c1)c1cn2ccccc2n1. The molecule has 3 aromatic rings. The molecule has 0 spiro atoms. The summed E-state index contributed by atoms with van der Waals surface area (Å²) >= 11 is 0. The fourth-order valence-electron chi connectivity index (χ4n) is 1.79. The molecule has 0 bridgehead atoms. The van der Waals surface area contributed by atoms with Gasteiger partial charge in [0.05, 0.1) is 0 Å². The minimum Gasteiger partial charge on any atom is -0.367 e. The summed E-state index contributed by atoms with van der Waals surface area (Å²) in [6.45, 7) is 0.496. The van der Waals surface area contributed by atoms with E-state index in [0.717, 1.165) is 11.2 Å². The van der Waals surface area contributed by atoms with Crippen molar-refractivity contribution in [2.75, 3.05) is 0 Å². The van der Waals surface area contributed by atoms with Crippen LogP contribution in [0.1, 0.15) is 16.1 Å². The van der Waals surface area contributed by atoms with Crippen molar-refractivity contribution in [3.63, 3.8) is 0 Å². The molecular formula is C13H12N4O. The van der Waals surface area contributed by atoms with Crippen LogP contribution in [-0.4, -0.2) is 20.3 Å². The third-order valence-electron chi connectivity index (χ3n) is 2.71. The van der Waals surface area contributed by atoms with Gasteiger partial charge in [0.1, 0.15) is 11.3 Å². The van der Waals surface area contributed by atoms with Crippen LogP contribution in [0.2, 0.25) is 0 Å². The van der Waals surface area contributed by atoms with Gasteiger partial charge in [-0.1, -0.05) is 6.07 Å². The summed E-state index contributed by atoms with van der Waals surface area (Å²) in [7, 11) is 0. The number of nitrogens with zero attached hydrogens (tertiary/aromatic N) is 2. The average Bonchev–Trinajstić information content (AvgIpc) is 3.04. The van der Waals surface area contributed by atoms with Gasteiger partial charge in [-0.15, -0.1) is 0 Å². The summed E-state index contributed by atoms with van der Waals surface area (Å²) in [5.41, 5.74) is 2.23. The maximum atomic E-state index is 11.9. The number of hydrogen-bond donors (Lipinski definition) is 2. The van der Waals surface area contributed by atoms with Gasteiger partial charge in [-0.05, 0) is 23.8 Å². The molecule has 3 heterocycles. The van der Waals surface area contributed by atoms with Gasteiger partial charge in [-0.2, -0.15) is 0 Å². The molecule has 5 nitrogen and oxygen atoms in total. The van der Waals surface area contributed by atoms with E-state index >= 15 is 0 Å². The highest BCUT2D eigenvalue weighted by atomic mass is 16.1. The highest BCUT2D eigenvalue weighted by Gasteiger charge is 2.09. The number of aromatic amines is 1. The molecule has 0 aliphatic rings. The number of carbonyl (C=O) groups is 1. The molecule has 0 atom stereocenters. The molecule has 0 saturated carbocycles. The van der Waals surface area contributed by atoms with E-state index in [-0.39, 0.29) is 5.91 Å². The van der Waals surface area contributed by atoms with Crippen LogP contribution in [-0.2, 0) is 6.54 Å². The van der Waals surface area contributed by atoms with Crippen LogP contribution in [0, 0.1) is 0 Å². The topological polar surface area (TPSA) is 62.2 Å². The van der Waals surface area contributed by atoms with Crippen LogP contribution in [0.3, 0.4) is 0 Å². The van der Waals surface area contributed by atoms with Crippen LogP contribution in [0.5, 0.6) is 0 Å². The Morgan fingerprint density at radius 2 is 2.33 bits per heavy atom. The molecule has 0 aliphatic carbocycles. The second-order valence-corrected chi connectivity index (χ2v) is 3.99. The lowest BCUT2D eigenvalue weighted by Gasteiger charge is -1.99. The molecule has 0 fully saturated rings. The van der Waals surface area contributed by atoms with Crippen molar-refractivity contribution in [2.24, 2.45) is 0 Å². The third-order valence-corrected chi connectivity index (χ3v) is 2.71. The zero-order chi connectivity index (χ0) is 12.4. The minimum absolute atomic E-state index is 0.167. The predicted molar refractivity (Wildman–Crippen MR) is 67.2 cm³/mol. The molecule has 90 valence electrons. The molecular weight excluding hydrogens is 228 g/mol. The Hall–Kier alpha value is -2.56. The minimum atomic E-state index is -0.167. The fraction of sp³-hybridized carbons (Fsp3) is 0.0769. The standard InChI is InChI=1S/C13H12N4O/c18-13(15-8-10-4-5-14-7-10)11-9-17-6-2-1-3-12(17)16-11/h1-7,9,14H,8H2,(H,15,18). The lowest BCUT2D eigenvalue weighted by Crippen LogP contribution is -2.22. The molecule has 1 amide bonds. The van der Waals surface area contributed by atoms with Gasteiger partial charge >= 0.3 is 0 Å². The normalized spacial score (nSPS) is 10.7. The number of amides is 1. The van der Waals surface area contributed by atoms with E-state index in [0.29, 0.717) is 12.2 Å². The number of nitrogens with one attached hydrogen (secondary N) is 2. The molecule has 3 rings (SSSR count). The second kappa shape index (κ2) is 4.37. The lowest BCUT2D eigenvalue weighted by atomic mass is 10.3. The molecule has 0 aliphatic heterocycles. The quantitative estimate of drug-likeness (QED) is 0.730. The van der Waals surface area contributed by atoms with E-state index < -0.39 is 0 Å². The molecule has 0 unspecified atom stereocenters. The smallest absolute Gasteiger partial charge is 0.271 e. The third kappa shape index (κ3) is 1.98. The van der Waals surface area contributed by atoms with Crippen LogP contribution < -0.4 is 5.32 Å². The first kappa shape index (κ1) is 10.6. The number of aromatic nitrogens is 3. The van der Waals surface area contributed by atoms with Gasteiger partial charge < -0.3 is 14.7 Å². The van der Waals surface area contributed by atoms with Crippen molar-refractivity contribution in [1.29, 1.82) is 0 Å². The van der Waals surface area contributed by atoms with E-state index in [1.165, 1.54) is 0 Å². The summed E-state index contributed by atoms with van der Waals surface area (Å²) < 4.78 is 1.82. The summed E-state index contributed by atoms with van der Waals surface area (Å²) in [5, 5.41) is 2.83. The Morgan fingerprint density at radius 3 is 3.11 bits per heavy atom. The lowest BCUT2D eigenvalue weighted by molar-refractivity contribution is 0.0946. The molecule has 0 saturated heterocycles. The van der Waals surface area contributed by atoms with Gasteiger partial charge in [-0.3, -0.25) is 4.79 Å². The molecule has 3 aromatic heterocycles. The van der Waals surface area contributed by atoms with Crippen LogP contribution in [0.4, 0.5) is 0 Å². The monoisotopic (exact) mass is 240 g/mol. The Morgan fingerprint density at radius 1 is 1.39 bits per heavy atom. The summed E-state index contributed by atoms with van der Waals surface area (Å²) in [4.78, 5) is 19.1. The molecule has 0 aromatic carbocycles. The van der Waals surface area contributed by atoms with Crippen molar-refractivity contribution in [3.8, 4) is 0 Å². The highest BCUT2D eigenvalue weighted by molar-refractivity contribution is 5.92. The number of carbonyl (C=O) groups excluding carboxylic acids is 1. The highest BCUT2D eigenvalue weighted by Crippen LogP contribution is 2.04. The summed E-state index contributed by atoms with van der Waals surface area (Å²) in [6, 6.07) is 7.58. The Balaban J connectivity index is 1.75. The fourth-order valence-corrected chi connectivity index (χ4v) is 1.79. The number of rotatable bonds is 3. The number of imidazole rings is 1. The second-order valence-electron chi connectivity index (χ2n) is 3.99. The van der Waals surface area contributed by atoms with Crippen LogP contribution >= 0.6 is 0 Å². The van der Waals surface area contributed by atoms with Crippen LogP contribution in [0.25, 0.3) is 5.65 Å². The van der Waals surface area contributed by atoms with E-state index in [2.05, 4.69) is 15.3 Å². The zero-order valence-electron chi connectivity index (χ0n) is 9.63. The first-order chi connectivity index (χ1) is 8.83. The Bertz CT molecular complexity index is 636. The van der Waals surface area contributed by atoms with Gasteiger partial charge in [0.2, 0.25) is 0 Å². The van der Waals surface area contributed by atoms with Crippen molar-refractivity contribution >= 4 is 11.6 Å².